The first kappa shape index (κ1) is 22.0. The van der Waals surface area contributed by atoms with Crippen molar-refractivity contribution in [1.29, 1.82) is 5.26 Å². The molecule has 0 aromatic heterocycles. The maximum absolute atomic E-state index is 13.1. The van der Waals surface area contributed by atoms with Crippen LogP contribution in [0.4, 0.5) is 19.3 Å². The zero-order valence-electron chi connectivity index (χ0n) is 17.4. The van der Waals surface area contributed by atoms with E-state index in [-0.39, 0.29) is 18.3 Å². The van der Waals surface area contributed by atoms with Gasteiger partial charge in [0.1, 0.15) is 17.7 Å². The lowest BCUT2D eigenvalue weighted by atomic mass is 9.76. The number of carbonyl (C=O) groups is 1. The first-order chi connectivity index (χ1) is 16.0. The van der Waals surface area contributed by atoms with E-state index in [0.29, 0.717) is 11.3 Å². The van der Waals surface area contributed by atoms with Crippen LogP contribution in [0.15, 0.2) is 72.8 Å². The van der Waals surface area contributed by atoms with Gasteiger partial charge in [0, 0.05) is 22.7 Å². The Hall–Kier alpha value is -4.20. The lowest BCUT2D eigenvalue weighted by Gasteiger charge is -2.51. The molecule has 4 rings (SSSR count). The van der Waals surface area contributed by atoms with E-state index in [9.17, 15) is 23.9 Å². The third kappa shape index (κ3) is 4.69. The normalized spacial score (nSPS) is 19.0. The largest absolute Gasteiger partial charge is 0.394 e. The Morgan fingerprint density at radius 3 is 1.94 bits per heavy atom. The summed E-state index contributed by atoms with van der Waals surface area (Å²) >= 11 is 0. The Balaban J connectivity index is 1.48. The molecule has 164 valence electrons. The minimum atomic E-state index is -0.765. The van der Waals surface area contributed by atoms with E-state index in [1.54, 1.807) is 24.3 Å². The summed E-state index contributed by atoms with van der Waals surface area (Å²) in [7, 11) is 0. The van der Waals surface area contributed by atoms with Crippen LogP contribution in [-0.2, 0) is 0 Å². The number of urea groups is 1. The van der Waals surface area contributed by atoms with Gasteiger partial charge in [-0.15, -0.1) is 0 Å². The van der Waals surface area contributed by atoms with Gasteiger partial charge in [-0.05, 0) is 66.2 Å². The standard InChI is InChI=1S/C26H19F2N3O2/c27-20-9-5-18(6-10-20)2-1-17-3-7-19(8-4-17)25-23(15-29)31(24(25)16-32)26(33)30-22-13-11-21(28)12-14-22/h3-14,23-25,32H,16H2,(H,30,33)/t23-,24-,25+/m0/s1. The van der Waals surface area contributed by atoms with Crippen molar-refractivity contribution >= 4 is 11.7 Å². The SMILES string of the molecule is N#C[C@H]1[C@@H](c2ccc(C#Cc3ccc(F)cc3)cc2)[C@H](CO)N1C(=O)Nc1ccc(F)cc1. The predicted octanol–water partition coefficient (Wildman–Crippen LogP) is 4.25. The van der Waals surface area contributed by atoms with Gasteiger partial charge in [0.05, 0.1) is 18.7 Å². The van der Waals surface area contributed by atoms with Gasteiger partial charge in [-0.2, -0.15) is 5.26 Å². The highest BCUT2D eigenvalue weighted by Gasteiger charge is 2.51. The van der Waals surface area contributed by atoms with Crippen molar-refractivity contribution in [1.82, 2.24) is 4.90 Å². The summed E-state index contributed by atoms with van der Waals surface area (Å²) in [6.45, 7) is -0.314. The van der Waals surface area contributed by atoms with Gasteiger partial charge >= 0.3 is 6.03 Å². The molecule has 33 heavy (non-hydrogen) atoms. The van der Waals surface area contributed by atoms with Crippen molar-refractivity contribution in [3.05, 3.63) is 101 Å². The smallest absolute Gasteiger partial charge is 0.323 e. The molecule has 1 saturated heterocycles. The van der Waals surface area contributed by atoms with E-state index in [2.05, 4.69) is 23.2 Å². The number of likely N-dealkylation sites (tertiary alicyclic amines) is 1. The summed E-state index contributed by atoms with van der Waals surface area (Å²) in [5.41, 5.74) is 2.62. The van der Waals surface area contributed by atoms with E-state index < -0.39 is 23.9 Å². The molecular weight excluding hydrogens is 424 g/mol. The van der Waals surface area contributed by atoms with Crippen molar-refractivity contribution in [2.45, 2.75) is 18.0 Å². The molecule has 2 amide bonds. The Labute approximate surface area is 189 Å². The molecule has 0 spiro atoms. The number of hydrogen-bond acceptors (Lipinski definition) is 3. The highest BCUT2D eigenvalue weighted by atomic mass is 19.1. The maximum atomic E-state index is 13.1. The average Bonchev–Trinajstić information content (AvgIpc) is 2.81. The highest BCUT2D eigenvalue weighted by Crippen LogP contribution is 2.40. The van der Waals surface area contributed by atoms with Gasteiger partial charge in [0.15, 0.2) is 0 Å². The number of nitriles is 1. The van der Waals surface area contributed by atoms with Crippen LogP contribution < -0.4 is 5.32 Å². The summed E-state index contributed by atoms with van der Waals surface area (Å²) in [6, 6.07) is 18.7. The Kier molecular flexibility index (Phi) is 6.35. The summed E-state index contributed by atoms with van der Waals surface area (Å²) in [6.07, 6.45) is 0. The number of hydrogen-bond donors (Lipinski definition) is 2. The van der Waals surface area contributed by atoms with Crippen molar-refractivity contribution in [2.75, 3.05) is 11.9 Å². The quantitative estimate of drug-likeness (QED) is 0.595. The molecule has 1 aliphatic rings. The first-order valence-electron chi connectivity index (χ1n) is 10.2. The van der Waals surface area contributed by atoms with Crippen molar-refractivity contribution < 1.29 is 18.7 Å². The maximum Gasteiger partial charge on any atom is 0.323 e. The van der Waals surface area contributed by atoms with Crippen LogP contribution in [0.1, 0.15) is 22.6 Å². The average molecular weight is 443 g/mol. The number of nitrogens with zero attached hydrogens (tertiary/aromatic N) is 2. The van der Waals surface area contributed by atoms with Crippen LogP contribution in [0.25, 0.3) is 0 Å². The van der Waals surface area contributed by atoms with Gasteiger partial charge in [0.25, 0.3) is 0 Å². The van der Waals surface area contributed by atoms with E-state index in [0.717, 1.165) is 11.1 Å². The van der Waals surface area contributed by atoms with Crippen LogP contribution in [0.5, 0.6) is 0 Å². The Morgan fingerprint density at radius 1 is 0.909 bits per heavy atom. The van der Waals surface area contributed by atoms with Crippen LogP contribution in [0.2, 0.25) is 0 Å². The topological polar surface area (TPSA) is 76.4 Å². The van der Waals surface area contributed by atoms with E-state index >= 15 is 0 Å². The van der Waals surface area contributed by atoms with Crippen molar-refractivity contribution in [3.8, 4) is 17.9 Å². The minimum Gasteiger partial charge on any atom is -0.394 e. The van der Waals surface area contributed by atoms with E-state index in [1.165, 1.54) is 41.3 Å². The Bertz CT molecular complexity index is 1240. The first-order valence-corrected chi connectivity index (χ1v) is 10.2. The number of aliphatic hydroxyl groups is 1. The molecule has 0 aliphatic carbocycles. The third-order valence-electron chi connectivity index (χ3n) is 5.55. The van der Waals surface area contributed by atoms with Gasteiger partial charge in [-0.25, -0.2) is 13.6 Å². The van der Waals surface area contributed by atoms with E-state index in [4.69, 9.17) is 0 Å². The summed E-state index contributed by atoms with van der Waals surface area (Å²) in [5, 5.41) is 22.2. The molecule has 1 fully saturated rings. The van der Waals surface area contributed by atoms with Gasteiger partial charge in [0.2, 0.25) is 0 Å². The van der Waals surface area contributed by atoms with Crippen LogP contribution in [0.3, 0.4) is 0 Å². The van der Waals surface area contributed by atoms with Crippen molar-refractivity contribution in [2.24, 2.45) is 0 Å². The summed E-state index contributed by atoms with van der Waals surface area (Å²) in [5.74, 6) is 4.85. The lowest BCUT2D eigenvalue weighted by molar-refractivity contribution is 0.0224. The molecule has 3 atom stereocenters. The molecule has 7 heteroatoms. The third-order valence-corrected chi connectivity index (χ3v) is 5.55. The van der Waals surface area contributed by atoms with Gasteiger partial charge < -0.3 is 15.3 Å². The fraction of sp³-hybridized carbons (Fsp3) is 0.154. The molecule has 0 bridgehead atoms. The number of anilines is 1. The van der Waals surface area contributed by atoms with Crippen LogP contribution in [0, 0.1) is 34.8 Å². The fourth-order valence-electron chi connectivity index (χ4n) is 3.87. The molecule has 0 unspecified atom stereocenters. The van der Waals surface area contributed by atoms with Crippen LogP contribution in [-0.4, -0.2) is 34.7 Å². The lowest BCUT2D eigenvalue weighted by Crippen LogP contribution is -2.66. The fourth-order valence-corrected chi connectivity index (χ4v) is 3.87. The monoisotopic (exact) mass is 443 g/mol. The number of nitrogens with one attached hydrogen (secondary N) is 1. The number of halogens is 2. The molecule has 5 nitrogen and oxygen atoms in total. The number of amides is 2. The number of aliphatic hydroxyl groups excluding tert-OH is 1. The van der Waals surface area contributed by atoms with Crippen molar-refractivity contribution in [3.63, 3.8) is 0 Å². The number of carbonyl (C=O) groups excluding carboxylic acids is 1. The second-order valence-corrected chi connectivity index (χ2v) is 7.57. The highest BCUT2D eigenvalue weighted by molar-refractivity contribution is 5.91. The second-order valence-electron chi connectivity index (χ2n) is 7.57. The zero-order valence-corrected chi connectivity index (χ0v) is 17.4. The van der Waals surface area contributed by atoms with Crippen LogP contribution >= 0.6 is 0 Å². The molecule has 3 aromatic carbocycles. The zero-order chi connectivity index (χ0) is 23.4. The Morgan fingerprint density at radius 2 is 1.42 bits per heavy atom. The summed E-state index contributed by atoms with van der Waals surface area (Å²) in [4.78, 5) is 14.0. The molecule has 1 aliphatic heterocycles. The van der Waals surface area contributed by atoms with Gasteiger partial charge in [-0.1, -0.05) is 24.0 Å². The number of rotatable bonds is 3. The summed E-state index contributed by atoms with van der Waals surface area (Å²) < 4.78 is 26.1. The molecule has 3 aromatic rings. The molecule has 0 radical (unpaired) electrons. The van der Waals surface area contributed by atoms with Gasteiger partial charge in [-0.3, -0.25) is 0 Å². The number of benzene rings is 3. The predicted molar refractivity (Wildman–Crippen MR) is 119 cm³/mol. The minimum absolute atomic E-state index is 0.314. The van der Waals surface area contributed by atoms with E-state index in [1.807, 2.05) is 12.1 Å². The second kappa shape index (κ2) is 9.52. The molecular formula is C26H19F2N3O2. The molecule has 1 heterocycles. The molecule has 0 saturated carbocycles. The molecule has 2 N–H and O–H groups in total.